The standard InChI is InChI=1S/C21H16N2O2/c24-21(19-14-25-23-20(19)16-8-2-1-3-9-16)22-13-17-11-6-10-15-7-4-5-12-18(15)17/h1-12,14H,13H2,(H,22,24). The number of hydrogen-bond donors (Lipinski definition) is 1. The van der Waals surface area contributed by atoms with Crippen molar-refractivity contribution in [3.05, 3.63) is 90.2 Å². The summed E-state index contributed by atoms with van der Waals surface area (Å²) in [4.78, 5) is 12.6. The van der Waals surface area contributed by atoms with Crippen LogP contribution in [0.2, 0.25) is 0 Å². The van der Waals surface area contributed by atoms with Crippen molar-refractivity contribution in [3.63, 3.8) is 0 Å². The molecule has 0 aliphatic carbocycles. The van der Waals surface area contributed by atoms with Crippen molar-refractivity contribution in [2.24, 2.45) is 0 Å². The molecule has 4 rings (SSSR count). The van der Waals surface area contributed by atoms with Crippen LogP contribution < -0.4 is 5.32 Å². The Hall–Kier alpha value is -3.40. The van der Waals surface area contributed by atoms with Crippen LogP contribution in [0.4, 0.5) is 0 Å². The zero-order chi connectivity index (χ0) is 17.1. The van der Waals surface area contributed by atoms with Gasteiger partial charge in [0.1, 0.15) is 17.5 Å². The van der Waals surface area contributed by atoms with Gasteiger partial charge in [-0.3, -0.25) is 4.79 Å². The minimum Gasteiger partial charge on any atom is -0.363 e. The number of nitrogens with zero attached hydrogens (tertiary/aromatic N) is 1. The lowest BCUT2D eigenvalue weighted by atomic mass is 10.0. The lowest BCUT2D eigenvalue weighted by Crippen LogP contribution is -2.23. The van der Waals surface area contributed by atoms with Crippen LogP contribution in [0.3, 0.4) is 0 Å². The molecule has 4 aromatic rings. The highest BCUT2D eigenvalue weighted by Gasteiger charge is 2.17. The Morgan fingerprint density at radius 3 is 2.56 bits per heavy atom. The van der Waals surface area contributed by atoms with Crippen molar-refractivity contribution < 1.29 is 9.32 Å². The van der Waals surface area contributed by atoms with Crippen LogP contribution in [0.1, 0.15) is 15.9 Å². The van der Waals surface area contributed by atoms with Crippen LogP contribution in [0.5, 0.6) is 0 Å². The predicted octanol–water partition coefficient (Wildman–Crippen LogP) is 4.42. The van der Waals surface area contributed by atoms with Gasteiger partial charge in [0.05, 0.1) is 0 Å². The zero-order valence-corrected chi connectivity index (χ0v) is 13.5. The van der Waals surface area contributed by atoms with Gasteiger partial charge >= 0.3 is 0 Å². The van der Waals surface area contributed by atoms with Crippen LogP contribution in [0.15, 0.2) is 83.6 Å². The summed E-state index contributed by atoms with van der Waals surface area (Å²) in [5.41, 5.74) is 2.91. The lowest BCUT2D eigenvalue weighted by molar-refractivity contribution is 0.0951. The maximum Gasteiger partial charge on any atom is 0.257 e. The first kappa shape index (κ1) is 15.1. The topological polar surface area (TPSA) is 55.1 Å². The van der Waals surface area contributed by atoms with Gasteiger partial charge in [-0.1, -0.05) is 78.0 Å². The summed E-state index contributed by atoms with van der Waals surface area (Å²) >= 11 is 0. The molecule has 25 heavy (non-hydrogen) atoms. The molecule has 0 saturated heterocycles. The van der Waals surface area contributed by atoms with Crippen LogP contribution in [0, 0.1) is 0 Å². The van der Waals surface area contributed by atoms with E-state index in [2.05, 4.69) is 28.7 Å². The third-order valence-electron chi connectivity index (χ3n) is 4.18. The smallest absolute Gasteiger partial charge is 0.257 e. The van der Waals surface area contributed by atoms with E-state index in [-0.39, 0.29) is 5.91 Å². The van der Waals surface area contributed by atoms with Gasteiger partial charge in [0, 0.05) is 12.1 Å². The molecular formula is C21H16N2O2. The third kappa shape index (κ3) is 3.02. The number of hydrogen-bond acceptors (Lipinski definition) is 3. The SMILES string of the molecule is O=C(NCc1cccc2ccccc12)c1conc1-c1ccccc1. The molecule has 1 amide bonds. The summed E-state index contributed by atoms with van der Waals surface area (Å²) in [6.07, 6.45) is 1.39. The van der Waals surface area contributed by atoms with Crippen molar-refractivity contribution in [1.29, 1.82) is 0 Å². The minimum absolute atomic E-state index is 0.201. The van der Waals surface area contributed by atoms with Crippen LogP contribution >= 0.6 is 0 Å². The Labute approximate surface area is 145 Å². The molecule has 0 atom stereocenters. The summed E-state index contributed by atoms with van der Waals surface area (Å²) in [5.74, 6) is -0.201. The molecule has 1 N–H and O–H groups in total. The molecule has 0 aliphatic rings. The summed E-state index contributed by atoms with van der Waals surface area (Å²) in [5, 5.41) is 9.24. The number of carbonyl (C=O) groups is 1. The van der Waals surface area contributed by atoms with E-state index in [1.165, 1.54) is 6.26 Å². The first-order valence-corrected chi connectivity index (χ1v) is 8.07. The molecule has 0 bridgehead atoms. The van der Waals surface area contributed by atoms with Crippen LogP contribution in [-0.4, -0.2) is 11.1 Å². The normalized spacial score (nSPS) is 10.7. The van der Waals surface area contributed by atoms with Gasteiger partial charge in [-0.05, 0) is 16.3 Å². The average molecular weight is 328 g/mol. The summed E-state index contributed by atoms with van der Waals surface area (Å²) in [6.45, 7) is 0.444. The van der Waals surface area contributed by atoms with Crippen molar-refractivity contribution in [1.82, 2.24) is 10.5 Å². The maximum absolute atomic E-state index is 12.6. The van der Waals surface area contributed by atoms with Crippen molar-refractivity contribution in [2.75, 3.05) is 0 Å². The number of aromatic nitrogens is 1. The second kappa shape index (κ2) is 6.61. The van der Waals surface area contributed by atoms with E-state index < -0.39 is 0 Å². The summed E-state index contributed by atoms with van der Waals surface area (Å²) in [6, 6.07) is 23.8. The average Bonchev–Trinajstić information content (AvgIpc) is 3.17. The Balaban J connectivity index is 1.57. The van der Waals surface area contributed by atoms with Gasteiger partial charge < -0.3 is 9.84 Å². The highest BCUT2D eigenvalue weighted by Crippen LogP contribution is 2.22. The molecule has 0 fully saturated rings. The number of carbonyl (C=O) groups excluding carboxylic acids is 1. The number of amides is 1. The summed E-state index contributed by atoms with van der Waals surface area (Å²) < 4.78 is 5.03. The van der Waals surface area contributed by atoms with E-state index in [9.17, 15) is 4.79 Å². The molecule has 4 heteroatoms. The van der Waals surface area contributed by atoms with E-state index in [1.54, 1.807) is 0 Å². The van der Waals surface area contributed by atoms with E-state index >= 15 is 0 Å². The molecule has 4 nitrogen and oxygen atoms in total. The predicted molar refractivity (Wildman–Crippen MR) is 97.1 cm³/mol. The number of nitrogens with one attached hydrogen (secondary N) is 1. The third-order valence-corrected chi connectivity index (χ3v) is 4.18. The monoisotopic (exact) mass is 328 g/mol. The molecule has 0 aliphatic heterocycles. The molecule has 3 aromatic carbocycles. The molecule has 1 heterocycles. The van der Waals surface area contributed by atoms with E-state index in [0.29, 0.717) is 17.8 Å². The Kier molecular flexibility index (Phi) is 4.01. The van der Waals surface area contributed by atoms with Crippen molar-refractivity contribution >= 4 is 16.7 Å². The van der Waals surface area contributed by atoms with Gasteiger partial charge in [0.2, 0.25) is 0 Å². The molecule has 1 aromatic heterocycles. The fourth-order valence-electron chi connectivity index (χ4n) is 2.92. The number of fused-ring (bicyclic) bond motifs is 1. The van der Waals surface area contributed by atoms with Gasteiger partial charge in [0.15, 0.2) is 0 Å². The van der Waals surface area contributed by atoms with Crippen molar-refractivity contribution in [2.45, 2.75) is 6.54 Å². The van der Waals surface area contributed by atoms with Gasteiger partial charge in [-0.15, -0.1) is 0 Å². The molecule has 0 spiro atoms. The first-order valence-electron chi connectivity index (χ1n) is 8.07. The van der Waals surface area contributed by atoms with Gasteiger partial charge in [-0.2, -0.15) is 0 Å². The van der Waals surface area contributed by atoms with E-state index in [4.69, 9.17) is 4.52 Å². The first-order chi connectivity index (χ1) is 12.3. The van der Waals surface area contributed by atoms with Crippen LogP contribution in [0.25, 0.3) is 22.0 Å². The second-order valence-corrected chi connectivity index (χ2v) is 5.76. The van der Waals surface area contributed by atoms with Crippen LogP contribution in [-0.2, 0) is 6.54 Å². The van der Waals surface area contributed by atoms with E-state index in [0.717, 1.165) is 21.9 Å². The fourth-order valence-corrected chi connectivity index (χ4v) is 2.92. The quantitative estimate of drug-likeness (QED) is 0.603. The van der Waals surface area contributed by atoms with E-state index in [1.807, 2.05) is 54.6 Å². The van der Waals surface area contributed by atoms with Gasteiger partial charge in [0.25, 0.3) is 5.91 Å². The lowest BCUT2D eigenvalue weighted by Gasteiger charge is -2.08. The molecule has 122 valence electrons. The Morgan fingerprint density at radius 2 is 1.68 bits per heavy atom. The highest BCUT2D eigenvalue weighted by molar-refractivity contribution is 5.99. The second-order valence-electron chi connectivity index (χ2n) is 5.76. The van der Waals surface area contributed by atoms with Gasteiger partial charge in [-0.25, -0.2) is 0 Å². The maximum atomic E-state index is 12.6. The fraction of sp³-hybridized carbons (Fsp3) is 0.0476. The molecular weight excluding hydrogens is 312 g/mol. The molecule has 0 unspecified atom stereocenters. The zero-order valence-electron chi connectivity index (χ0n) is 13.5. The molecule has 0 saturated carbocycles. The number of rotatable bonds is 4. The minimum atomic E-state index is -0.201. The highest BCUT2D eigenvalue weighted by atomic mass is 16.5. The Morgan fingerprint density at radius 1 is 0.920 bits per heavy atom. The largest absolute Gasteiger partial charge is 0.363 e. The Bertz CT molecular complexity index is 1020. The van der Waals surface area contributed by atoms with Crippen molar-refractivity contribution in [3.8, 4) is 11.3 Å². The summed E-state index contributed by atoms with van der Waals surface area (Å²) in [7, 11) is 0. The molecule has 0 radical (unpaired) electrons. The number of benzene rings is 3.